The Kier molecular flexibility index (Phi) is 3.82. The highest BCUT2D eigenvalue weighted by molar-refractivity contribution is 6.30. The first-order valence-corrected chi connectivity index (χ1v) is 7.94. The van der Waals surface area contributed by atoms with Crippen LogP contribution in [-0.2, 0) is 6.42 Å². The van der Waals surface area contributed by atoms with E-state index in [0.29, 0.717) is 22.8 Å². The molecule has 0 radical (unpaired) electrons. The summed E-state index contributed by atoms with van der Waals surface area (Å²) in [6.45, 7) is 0. The van der Waals surface area contributed by atoms with E-state index in [9.17, 15) is 9.18 Å². The van der Waals surface area contributed by atoms with Crippen LogP contribution in [0, 0.1) is 5.82 Å². The van der Waals surface area contributed by atoms with Crippen molar-refractivity contribution in [2.75, 3.05) is 0 Å². The van der Waals surface area contributed by atoms with E-state index in [1.165, 1.54) is 18.3 Å². The zero-order valence-electron chi connectivity index (χ0n) is 12.9. The maximum absolute atomic E-state index is 13.4. The van der Waals surface area contributed by atoms with Gasteiger partial charge in [0.1, 0.15) is 11.5 Å². The molecule has 0 saturated carbocycles. The zero-order valence-corrected chi connectivity index (χ0v) is 13.6. The normalized spacial score (nSPS) is 12.2. The highest BCUT2D eigenvalue weighted by Crippen LogP contribution is 2.36. The molecule has 2 N–H and O–H groups in total. The number of amides is 1. The summed E-state index contributed by atoms with van der Waals surface area (Å²) in [5.74, 6) is -0.696. The molecule has 0 bridgehead atoms. The number of nitrogens with zero attached hydrogens (tertiary/aromatic N) is 2. The molecule has 0 fully saturated rings. The third kappa shape index (κ3) is 2.92. The first-order chi connectivity index (χ1) is 12.1. The smallest absolute Gasteiger partial charge is 0.272 e. The van der Waals surface area contributed by atoms with Crippen molar-refractivity contribution >= 4 is 23.7 Å². The van der Waals surface area contributed by atoms with Crippen LogP contribution in [0.3, 0.4) is 0 Å². The van der Waals surface area contributed by atoms with Gasteiger partial charge in [-0.15, -0.1) is 0 Å². The molecular weight excluding hydrogens is 343 g/mol. The topological polar surface area (TPSA) is 70.1 Å². The predicted octanol–water partition coefficient (Wildman–Crippen LogP) is 3.54. The van der Waals surface area contributed by atoms with Gasteiger partial charge in [0.25, 0.3) is 5.91 Å². The summed E-state index contributed by atoms with van der Waals surface area (Å²) >= 11 is 5.82. The van der Waals surface area contributed by atoms with Crippen LogP contribution in [0.15, 0.2) is 47.6 Å². The Morgan fingerprint density at radius 2 is 2.08 bits per heavy atom. The van der Waals surface area contributed by atoms with Gasteiger partial charge in [-0.3, -0.25) is 9.89 Å². The molecule has 1 amide bonds. The molecule has 0 saturated heterocycles. The minimum Gasteiger partial charge on any atom is -0.272 e. The number of rotatable bonds is 3. The molecule has 7 heteroatoms. The highest BCUT2D eigenvalue weighted by atomic mass is 35.5. The molecule has 1 aliphatic rings. The van der Waals surface area contributed by atoms with Crippen molar-refractivity contribution in [3.8, 4) is 11.3 Å². The van der Waals surface area contributed by atoms with Gasteiger partial charge in [-0.2, -0.15) is 10.2 Å². The molecule has 1 aromatic heterocycles. The number of hydrogen-bond donors (Lipinski definition) is 2. The predicted molar refractivity (Wildman–Crippen MR) is 93.3 cm³/mol. The number of H-pyrrole nitrogens is 1. The molecular formula is C18H12ClFN4O. The van der Waals surface area contributed by atoms with Gasteiger partial charge in [0, 0.05) is 22.6 Å². The number of carbonyl (C=O) groups is 1. The summed E-state index contributed by atoms with van der Waals surface area (Å²) in [6, 6.07) is 11.6. The first-order valence-electron chi connectivity index (χ1n) is 7.57. The van der Waals surface area contributed by atoms with Gasteiger partial charge < -0.3 is 0 Å². The second-order valence-electron chi connectivity index (χ2n) is 5.65. The molecule has 4 rings (SSSR count). The highest BCUT2D eigenvalue weighted by Gasteiger charge is 2.27. The van der Waals surface area contributed by atoms with E-state index in [4.69, 9.17) is 11.6 Å². The molecule has 1 heterocycles. The van der Waals surface area contributed by atoms with E-state index in [0.717, 1.165) is 22.3 Å². The van der Waals surface area contributed by atoms with Crippen molar-refractivity contribution in [2.45, 2.75) is 6.42 Å². The van der Waals surface area contributed by atoms with Crippen molar-refractivity contribution in [3.63, 3.8) is 0 Å². The molecule has 1 aliphatic carbocycles. The number of nitrogens with one attached hydrogen (secondary N) is 2. The molecule has 0 unspecified atom stereocenters. The zero-order chi connectivity index (χ0) is 17.4. The summed E-state index contributed by atoms with van der Waals surface area (Å²) < 4.78 is 13.4. The largest absolute Gasteiger partial charge is 0.289 e. The van der Waals surface area contributed by atoms with Gasteiger partial charge in [0.2, 0.25) is 0 Å². The van der Waals surface area contributed by atoms with Gasteiger partial charge in [-0.25, -0.2) is 9.82 Å². The van der Waals surface area contributed by atoms with Crippen molar-refractivity contribution in [2.24, 2.45) is 5.10 Å². The van der Waals surface area contributed by atoms with Gasteiger partial charge in [-0.1, -0.05) is 23.7 Å². The number of hydrogen-bond acceptors (Lipinski definition) is 3. The lowest BCUT2D eigenvalue weighted by Crippen LogP contribution is -2.19. The SMILES string of the molecule is O=C(N/N=C/c1ccc(Cl)cc1)c1[nH]nc2c1Cc1cc(F)ccc1-2. The van der Waals surface area contributed by atoms with Crippen LogP contribution in [0.5, 0.6) is 0 Å². The summed E-state index contributed by atoms with van der Waals surface area (Å²) in [5, 5.41) is 11.5. The van der Waals surface area contributed by atoms with Crippen LogP contribution in [0.2, 0.25) is 5.02 Å². The Balaban J connectivity index is 1.51. The molecule has 25 heavy (non-hydrogen) atoms. The van der Waals surface area contributed by atoms with E-state index in [-0.39, 0.29) is 5.82 Å². The fourth-order valence-electron chi connectivity index (χ4n) is 2.85. The van der Waals surface area contributed by atoms with Crippen LogP contribution < -0.4 is 5.43 Å². The standard InChI is InChI=1S/C18H12ClFN4O/c19-12-3-1-10(2-4-12)9-21-24-18(25)17-15-8-11-7-13(20)5-6-14(11)16(15)22-23-17/h1-7,9H,8H2,(H,22,23)(H,24,25)/b21-9+. The van der Waals surface area contributed by atoms with E-state index in [1.54, 1.807) is 30.3 Å². The number of benzene rings is 2. The maximum Gasteiger partial charge on any atom is 0.289 e. The fraction of sp³-hybridized carbons (Fsp3) is 0.0556. The van der Waals surface area contributed by atoms with Crippen LogP contribution in [0.4, 0.5) is 4.39 Å². The Bertz CT molecular complexity index is 995. The summed E-state index contributed by atoms with van der Waals surface area (Å²) in [5.41, 5.74) is 6.71. The van der Waals surface area contributed by atoms with Crippen LogP contribution in [0.25, 0.3) is 11.3 Å². The van der Waals surface area contributed by atoms with E-state index in [2.05, 4.69) is 20.7 Å². The summed E-state index contributed by atoms with van der Waals surface area (Å²) in [4.78, 5) is 12.3. The van der Waals surface area contributed by atoms with Crippen LogP contribution >= 0.6 is 11.6 Å². The Morgan fingerprint density at radius 1 is 1.28 bits per heavy atom. The molecule has 0 atom stereocenters. The maximum atomic E-state index is 13.4. The molecule has 2 aromatic carbocycles. The average molecular weight is 355 g/mol. The number of carbonyl (C=O) groups excluding carboxylic acids is 1. The summed E-state index contributed by atoms with van der Waals surface area (Å²) in [6.07, 6.45) is 1.98. The van der Waals surface area contributed by atoms with Gasteiger partial charge in [0.05, 0.1) is 11.9 Å². The van der Waals surface area contributed by atoms with Gasteiger partial charge >= 0.3 is 0 Å². The number of fused-ring (bicyclic) bond motifs is 3. The quantitative estimate of drug-likeness (QED) is 0.436. The van der Waals surface area contributed by atoms with Crippen molar-refractivity contribution < 1.29 is 9.18 Å². The minimum atomic E-state index is -0.396. The monoisotopic (exact) mass is 354 g/mol. The number of aromatic amines is 1. The Morgan fingerprint density at radius 3 is 2.88 bits per heavy atom. The third-order valence-corrected chi connectivity index (χ3v) is 4.29. The van der Waals surface area contributed by atoms with Crippen molar-refractivity contribution in [1.29, 1.82) is 0 Å². The van der Waals surface area contributed by atoms with E-state index < -0.39 is 5.91 Å². The Hall–Kier alpha value is -2.99. The number of aromatic nitrogens is 2. The fourth-order valence-corrected chi connectivity index (χ4v) is 2.97. The number of hydrazone groups is 1. The van der Waals surface area contributed by atoms with Crippen LogP contribution in [-0.4, -0.2) is 22.3 Å². The minimum absolute atomic E-state index is 0.300. The van der Waals surface area contributed by atoms with Crippen molar-refractivity contribution in [3.05, 3.63) is 75.7 Å². The number of halogens is 2. The van der Waals surface area contributed by atoms with E-state index >= 15 is 0 Å². The van der Waals surface area contributed by atoms with E-state index in [1.807, 2.05) is 0 Å². The molecule has 5 nitrogen and oxygen atoms in total. The Labute approximate surface area is 147 Å². The second-order valence-corrected chi connectivity index (χ2v) is 6.09. The van der Waals surface area contributed by atoms with Gasteiger partial charge in [0.15, 0.2) is 0 Å². The lowest BCUT2D eigenvalue weighted by molar-refractivity contribution is 0.0949. The van der Waals surface area contributed by atoms with Crippen LogP contribution in [0.1, 0.15) is 27.2 Å². The molecule has 124 valence electrons. The second kappa shape index (κ2) is 6.14. The molecule has 0 aliphatic heterocycles. The lowest BCUT2D eigenvalue weighted by atomic mass is 10.1. The first kappa shape index (κ1) is 15.5. The lowest BCUT2D eigenvalue weighted by Gasteiger charge is -2.00. The average Bonchev–Trinajstić information content (AvgIpc) is 3.15. The third-order valence-electron chi connectivity index (χ3n) is 4.03. The van der Waals surface area contributed by atoms with Gasteiger partial charge in [-0.05, 0) is 41.5 Å². The molecule has 3 aromatic rings. The van der Waals surface area contributed by atoms with Crippen molar-refractivity contribution in [1.82, 2.24) is 15.6 Å². The summed E-state index contributed by atoms with van der Waals surface area (Å²) in [7, 11) is 0. The molecule has 0 spiro atoms.